The Bertz CT molecular complexity index is 1050. The number of aliphatic hydroxyl groups is 1. The maximum Gasteiger partial charge on any atom is 0.303 e. The number of Topliss-reactive ketones (excluding diaryl/α,β-unsaturated/α-hetero) is 1. The van der Waals surface area contributed by atoms with Crippen molar-refractivity contribution in [1.82, 2.24) is 4.90 Å². The van der Waals surface area contributed by atoms with E-state index in [1.54, 1.807) is 30.3 Å². The molecule has 3 rings (SSSR count). The number of benzene rings is 2. The largest absolute Gasteiger partial charge is 0.507 e. The van der Waals surface area contributed by atoms with Crippen molar-refractivity contribution in [2.75, 3.05) is 6.54 Å². The molecule has 9 nitrogen and oxygen atoms in total. The topological polar surface area (TPSA) is 138 Å². The molecule has 9 heteroatoms. The van der Waals surface area contributed by atoms with Crippen molar-refractivity contribution in [3.8, 4) is 0 Å². The van der Waals surface area contributed by atoms with Gasteiger partial charge in [-0.05, 0) is 12.5 Å². The molecule has 154 valence electrons. The standard InChI is InChI=1S/C21H18N2O7/c24-16(25)11-6-12-22-18(14-9-4-5-10-15(14)23(29)30)17(20(27)21(22)28)19(26)13-7-2-1-3-8-13/h1-5,7-10,18,26H,6,11-12H2,(H,24,25)/b19-17+. The normalized spacial score (nSPS) is 17.9. The second kappa shape index (κ2) is 8.56. The van der Waals surface area contributed by atoms with Crippen molar-refractivity contribution in [3.05, 3.63) is 81.4 Å². The van der Waals surface area contributed by atoms with Crippen molar-refractivity contribution < 1.29 is 29.5 Å². The molecule has 1 fully saturated rings. The van der Waals surface area contributed by atoms with Gasteiger partial charge in [-0.15, -0.1) is 0 Å². The molecule has 0 aliphatic carbocycles. The van der Waals surface area contributed by atoms with Crippen LogP contribution in [0.1, 0.15) is 30.0 Å². The number of aliphatic carboxylic acids is 1. The number of carbonyl (C=O) groups is 3. The number of rotatable bonds is 7. The van der Waals surface area contributed by atoms with Crippen LogP contribution in [0.2, 0.25) is 0 Å². The molecule has 1 saturated heterocycles. The Morgan fingerprint density at radius 2 is 1.67 bits per heavy atom. The number of ketones is 1. The Labute approximate surface area is 171 Å². The Morgan fingerprint density at radius 3 is 2.30 bits per heavy atom. The molecular formula is C21H18N2O7. The van der Waals surface area contributed by atoms with E-state index in [-0.39, 0.29) is 41.8 Å². The van der Waals surface area contributed by atoms with Crippen LogP contribution in [-0.4, -0.2) is 44.2 Å². The molecule has 2 N–H and O–H groups in total. The molecule has 2 aromatic rings. The summed E-state index contributed by atoms with van der Waals surface area (Å²) in [4.78, 5) is 48.4. The maximum absolute atomic E-state index is 12.8. The van der Waals surface area contributed by atoms with Gasteiger partial charge in [-0.1, -0.05) is 42.5 Å². The average molecular weight is 410 g/mol. The van der Waals surface area contributed by atoms with Gasteiger partial charge in [0.05, 0.1) is 22.1 Å². The Kier molecular flexibility index (Phi) is 5.91. The lowest BCUT2D eigenvalue weighted by Gasteiger charge is -2.24. The number of carbonyl (C=O) groups excluding carboxylic acids is 2. The molecule has 30 heavy (non-hydrogen) atoms. The number of hydrogen-bond acceptors (Lipinski definition) is 6. The van der Waals surface area contributed by atoms with Gasteiger partial charge in [0.15, 0.2) is 0 Å². The first kappa shape index (κ1) is 20.7. The van der Waals surface area contributed by atoms with Crippen molar-refractivity contribution in [2.45, 2.75) is 18.9 Å². The van der Waals surface area contributed by atoms with E-state index in [1.807, 2.05) is 0 Å². The van der Waals surface area contributed by atoms with E-state index in [0.717, 1.165) is 4.90 Å². The molecule has 0 spiro atoms. The van der Waals surface area contributed by atoms with E-state index >= 15 is 0 Å². The van der Waals surface area contributed by atoms with Gasteiger partial charge in [-0.25, -0.2) is 0 Å². The van der Waals surface area contributed by atoms with Crippen LogP contribution in [0.5, 0.6) is 0 Å². The van der Waals surface area contributed by atoms with E-state index in [4.69, 9.17) is 5.11 Å². The van der Waals surface area contributed by atoms with Crippen molar-refractivity contribution in [3.63, 3.8) is 0 Å². The minimum Gasteiger partial charge on any atom is -0.507 e. The quantitative estimate of drug-likeness (QED) is 0.235. The monoisotopic (exact) mass is 410 g/mol. The number of nitro benzene ring substituents is 1. The average Bonchev–Trinajstić information content (AvgIpc) is 2.98. The number of hydrogen-bond donors (Lipinski definition) is 2. The number of nitrogens with zero attached hydrogens (tertiary/aromatic N) is 2. The van der Waals surface area contributed by atoms with Gasteiger partial charge < -0.3 is 15.1 Å². The molecule has 1 heterocycles. The smallest absolute Gasteiger partial charge is 0.303 e. The van der Waals surface area contributed by atoms with Crippen LogP contribution in [0.25, 0.3) is 5.76 Å². The highest BCUT2D eigenvalue weighted by Gasteiger charge is 2.47. The maximum atomic E-state index is 12.8. The molecule has 0 saturated carbocycles. The molecule has 1 amide bonds. The van der Waals surface area contributed by atoms with E-state index in [1.165, 1.54) is 24.3 Å². The molecular weight excluding hydrogens is 392 g/mol. The predicted octanol–water partition coefficient (Wildman–Crippen LogP) is 2.88. The number of aliphatic hydroxyl groups excluding tert-OH is 1. The van der Waals surface area contributed by atoms with Crippen molar-refractivity contribution in [1.29, 1.82) is 0 Å². The zero-order chi connectivity index (χ0) is 21.8. The fraction of sp³-hybridized carbons (Fsp3) is 0.190. The summed E-state index contributed by atoms with van der Waals surface area (Å²) in [5, 5.41) is 31.3. The number of para-hydroxylation sites is 1. The first-order valence-corrected chi connectivity index (χ1v) is 9.12. The third-order valence-corrected chi connectivity index (χ3v) is 4.80. The highest BCUT2D eigenvalue weighted by Crippen LogP contribution is 2.42. The van der Waals surface area contributed by atoms with Gasteiger partial charge in [0.2, 0.25) is 0 Å². The van der Waals surface area contributed by atoms with Crippen molar-refractivity contribution >= 4 is 29.1 Å². The van der Waals surface area contributed by atoms with E-state index in [9.17, 15) is 29.6 Å². The molecule has 0 radical (unpaired) electrons. The number of nitro groups is 1. The summed E-state index contributed by atoms with van der Waals surface area (Å²) < 4.78 is 0. The third-order valence-electron chi connectivity index (χ3n) is 4.80. The fourth-order valence-electron chi connectivity index (χ4n) is 3.47. The first-order chi connectivity index (χ1) is 14.3. The predicted molar refractivity (Wildman–Crippen MR) is 105 cm³/mol. The molecule has 0 aromatic heterocycles. The third kappa shape index (κ3) is 3.90. The van der Waals surface area contributed by atoms with E-state index < -0.39 is 34.4 Å². The van der Waals surface area contributed by atoms with Crippen molar-refractivity contribution in [2.24, 2.45) is 0 Å². The number of carboxylic acids is 1. The number of likely N-dealkylation sites (tertiary alicyclic amines) is 1. The second-order valence-corrected chi connectivity index (χ2v) is 6.67. The highest BCUT2D eigenvalue weighted by atomic mass is 16.6. The first-order valence-electron chi connectivity index (χ1n) is 9.12. The van der Waals surface area contributed by atoms with Gasteiger partial charge in [0.1, 0.15) is 5.76 Å². The van der Waals surface area contributed by atoms with Crippen LogP contribution in [0.3, 0.4) is 0 Å². The zero-order valence-electron chi connectivity index (χ0n) is 15.7. The van der Waals surface area contributed by atoms with Gasteiger partial charge in [-0.3, -0.25) is 24.5 Å². The van der Waals surface area contributed by atoms with Crippen LogP contribution in [-0.2, 0) is 14.4 Å². The Balaban J connectivity index is 2.18. The number of amides is 1. The van der Waals surface area contributed by atoms with Gasteiger partial charge in [-0.2, -0.15) is 0 Å². The molecule has 1 aliphatic heterocycles. The van der Waals surface area contributed by atoms with Crippen LogP contribution in [0.15, 0.2) is 60.2 Å². The van der Waals surface area contributed by atoms with E-state index in [0.29, 0.717) is 0 Å². The summed E-state index contributed by atoms with van der Waals surface area (Å²) in [6.45, 7) is -0.112. The lowest BCUT2D eigenvalue weighted by molar-refractivity contribution is -0.385. The van der Waals surface area contributed by atoms with Gasteiger partial charge in [0, 0.05) is 24.6 Å². The van der Waals surface area contributed by atoms with Crippen LogP contribution >= 0.6 is 0 Å². The van der Waals surface area contributed by atoms with Crippen LogP contribution in [0.4, 0.5) is 5.69 Å². The Hall–Kier alpha value is -4.01. The second-order valence-electron chi connectivity index (χ2n) is 6.67. The van der Waals surface area contributed by atoms with Gasteiger partial charge >= 0.3 is 5.97 Å². The lowest BCUT2D eigenvalue weighted by Crippen LogP contribution is -2.31. The van der Waals surface area contributed by atoms with Gasteiger partial charge in [0.25, 0.3) is 17.4 Å². The molecule has 1 atom stereocenters. The lowest BCUT2D eigenvalue weighted by atomic mass is 9.94. The number of carboxylic acid groups (broad SMARTS) is 1. The summed E-state index contributed by atoms with van der Waals surface area (Å²) in [5.41, 5.74) is -0.235. The molecule has 0 bridgehead atoms. The highest BCUT2D eigenvalue weighted by molar-refractivity contribution is 6.46. The minimum absolute atomic E-state index is 0.0465. The summed E-state index contributed by atoms with van der Waals surface area (Å²) >= 11 is 0. The molecule has 2 aromatic carbocycles. The Morgan fingerprint density at radius 1 is 1.03 bits per heavy atom. The summed E-state index contributed by atoms with van der Waals surface area (Å²) in [6.07, 6.45) is -0.198. The zero-order valence-corrected chi connectivity index (χ0v) is 15.7. The van der Waals surface area contributed by atoms with E-state index in [2.05, 4.69) is 0 Å². The van der Waals surface area contributed by atoms with Crippen LogP contribution in [0, 0.1) is 10.1 Å². The molecule has 1 unspecified atom stereocenters. The fourth-order valence-corrected chi connectivity index (χ4v) is 3.47. The summed E-state index contributed by atoms with van der Waals surface area (Å²) in [7, 11) is 0. The summed E-state index contributed by atoms with van der Waals surface area (Å²) in [5.74, 6) is -3.44. The SMILES string of the molecule is O=C(O)CCCN1C(=O)C(=O)/C(=C(/O)c2ccccc2)C1c1ccccc1[N+](=O)[O-]. The molecule has 1 aliphatic rings. The minimum atomic E-state index is -1.21. The summed E-state index contributed by atoms with van der Waals surface area (Å²) in [6, 6.07) is 12.5. The van der Waals surface area contributed by atoms with Crippen LogP contribution < -0.4 is 0 Å².